The van der Waals surface area contributed by atoms with Gasteiger partial charge in [0.2, 0.25) is 0 Å². The van der Waals surface area contributed by atoms with Crippen LogP contribution in [0.2, 0.25) is 0 Å². The fourth-order valence-electron chi connectivity index (χ4n) is 3.12. The lowest BCUT2D eigenvalue weighted by Crippen LogP contribution is -2.48. The first-order chi connectivity index (χ1) is 10.6. The van der Waals surface area contributed by atoms with E-state index in [1.165, 1.54) is 0 Å². The Labute approximate surface area is 132 Å². The van der Waals surface area contributed by atoms with Crippen molar-refractivity contribution in [2.75, 3.05) is 7.11 Å². The molecule has 4 nitrogen and oxygen atoms in total. The molecule has 1 aliphatic heterocycles. The second-order valence-corrected chi connectivity index (χ2v) is 5.64. The van der Waals surface area contributed by atoms with Crippen LogP contribution < -0.4 is 0 Å². The van der Waals surface area contributed by atoms with Crippen LogP contribution in [-0.4, -0.2) is 31.1 Å². The van der Waals surface area contributed by atoms with Gasteiger partial charge in [-0.15, -0.1) is 6.58 Å². The van der Waals surface area contributed by atoms with Gasteiger partial charge in [0.05, 0.1) is 11.7 Å². The van der Waals surface area contributed by atoms with Gasteiger partial charge in [-0.2, -0.15) is 0 Å². The smallest absolute Gasteiger partial charge is 0.338 e. The summed E-state index contributed by atoms with van der Waals surface area (Å²) in [5.41, 5.74) is -0.322. The summed E-state index contributed by atoms with van der Waals surface area (Å²) in [5, 5.41) is 0. The molecule has 0 spiro atoms. The van der Waals surface area contributed by atoms with E-state index in [1.807, 2.05) is 25.1 Å². The predicted molar refractivity (Wildman–Crippen MR) is 84.5 cm³/mol. The van der Waals surface area contributed by atoms with E-state index in [1.54, 1.807) is 25.3 Å². The summed E-state index contributed by atoms with van der Waals surface area (Å²) >= 11 is 0. The largest absolute Gasteiger partial charge is 0.449 e. The molecule has 1 saturated heterocycles. The van der Waals surface area contributed by atoms with E-state index in [4.69, 9.17) is 14.2 Å². The summed E-state index contributed by atoms with van der Waals surface area (Å²) in [6.45, 7) is 7.89. The third-order valence-corrected chi connectivity index (χ3v) is 4.40. The summed E-state index contributed by atoms with van der Waals surface area (Å²) in [6.07, 6.45) is 2.49. The molecule has 1 aliphatic rings. The van der Waals surface area contributed by atoms with Crippen LogP contribution in [0.5, 0.6) is 0 Å². The third-order valence-electron chi connectivity index (χ3n) is 4.40. The van der Waals surface area contributed by atoms with E-state index < -0.39 is 11.9 Å². The molecule has 2 rings (SSSR count). The molecule has 4 atom stereocenters. The second-order valence-electron chi connectivity index (χ2n) is 5.64. The van der Waals surface area contributed by atoms with Gasteiger partial charge in [-0.05, 0) is 18.6 Å². The molecule has 0 aromatic heterocycles. The molecule has 0 radical (unpaired) electrons. The lowest BCUT2D eigenvalue weighted by atomic mass is 9.83. The molecule has 4 heteroatoms. The number of hydrogen-bond donors (Lipinski definition) is 0. The van der Waals surface area contributed by atoms with E-state index >= 15 is 0 Å². The van der Waals surface area contributed by atoms with Crippen molar-refractivity contribution >= 4 is 5.97 Å². The molecule has 0 N–H and O–H groups in total. The Balaban J connectivity index is 2.31. The number of ether oxygens (including phenoxy) is 3. The molecule has 0 saturated carbocycles. The van der Waals surface area contributed by atoms with E-state index in [0.29, 0.717) is 12.0 Å². The molecular formula is C18H24O4. The first-order valence-electron chi connectivity index (χ1n) is 7.66. The lowest BCUT2D eigenvalue weighted by Gasteiger charge is -2.35. The van der Waals surface area contributed by atoms with Crippen molar-refractivity contribution in [3.05, 3.63) is 48.6 Å². The maximum absolute atomic E-state index is 12.5. The summed E-state index contributed by atoms with van der Waals surface area (Å²) in [6, 6.07) is 8.97. The van der Waals surface area contributed by atoms with Gasteiger partial charge in [-0.25, -0.2) is 4.79 Å². The minimum absolute atomic E-state index is 0.00604. The number of methoxy groups -OCH3 is 1. The minimum Gasteiger partial charge on any atom is -0.449 e. The highest BCUT2D eigenvalue weighted by atomic mass is 16.7. The highest BCUT2D eigenvalue weighted by Crippen LogP contribution is 2.44. The van der Waals surface area contributed by atoms with Crippen molar-refractivity contribution in [1.82, 2.24) is 0 Å². The van der Waals surface area contributed by atoms with Gasteiger partial charge in [0.1, 0.15) is 0 Å². The molecule has 0 aliphatic carbocycles. The zero-order chi connectivity index (χ0) is 16.2. The first kappa shape index (κ1) is 16.7. The van der Waals surface area contributed by atoms with Crippen molar-refractivity contribution in [2.24, 2.45) is 5.92 Å². The maximum atomic E-state index is 12.5. The second kappa shape index (κ2) is 7.07. The molecule has 0 amide bonds. The molecule has 22 heavy (non-hydrogen) atoms. The molecule has 0 unspecified atom stereocenters. The monoisotopic (exact) mass is 304 g/mol. The van der Waals surface area contributed by atoms with Crippen LogP contribution in [0.15, 0.2) is 43.0 Å². The van der Waals surface area contributed by atoms with Gasteiger partial charge in [-0.3, -0.25) is 0 Å². The topological polar surface area (TPSA) is 44.8 Å². The summed E-state index contributed by atoms with van der Waals surface area (Å²) in [5.74, 6) is -0.343. The van der Waals surface area contributed by atoms with E-state index in [-0.39, 0.29) is 18.0 Å². The van der Waals surface area contributed by atoms with Crippen LogP contribution in [-0.2, 0) is 14.2 Å². The average molecular weight is 304 g/mol. The fourth-order valence-corrected chi connectivity index (χ4v) is 3.12. The van der Waals surface area contributed by atoms with Crippen LogP contribution >= 0.6 is 0 Å². The Morgan fingerprint density at radius 3 is 2.64 bits per heavy atom. The number of carbonyl (C=O) groups is 1. The van der Waals surface area contributed by atoms with Gasteiger partial charge in [0.15, 0.2) is 11.9 Å². The highest BCUT2D eigenvalue weighted by molar-refractivity contribution is 5.89. The van der Waals surface area contributed by atoms with Gasteiger partial charge >= 0.3 is 5.97 Å². The number of rotatable bonds is 6. The van der Waals surface area contributed by atoms with Crippen LogP contribution in [0.1, 0.15) is 37.0 Å². The Bertz CT molecular complexity index is 509. The summed E-state index contributed by atoms with van der Waals surface area (Å²) in [4.78, 5) is 12.5. The Hall–Kier alpha value is -1.65. The van der Waals surface area contributed by atoms with Crippen LogP contribution in [0.4, 0.5) is 0 Å². The van der Waals surface area contributed by atoms with Gasteiger partial charge in [0.25, 0.3) is 0 Å². The van der Waals surface area contributed by atoms with E-state index in [0.717, 1.165) is 6.42 Å². The first-order valence-corrected chi connectivity index (χ1v) is 7.66. The molecule has 1 heterocycles. The highest BCUT2D eigenvalue weighted by Gasteiger charge is 2.56. The van der Waals surface area contributed by atoms with Gasteiger partial charge in [0, 0.05) is 19.4 Å². The van der Waals surface area contributed by atoms with Gasteiger partial charge < -0.3 is 14.2 Å². The molecule has 1 aromatic rings. The average Bonchev–Trinajstić information content (AvgIpc) is 2.81. The van der Waals surface area contributed by atoms with Gasteiger partial charge in [-0.1, -0.05) is 38.1 Å². The maximum Gasteiger partial charge on any atom is 0.338 e. The molecule has 0 bridgehead atoms. The van der Waals surface area contributed by atoms with Crippen molar-refractivity contribution < 1.29 is 19.0 Å². The fraction of sp³-hybridized carbons (Fsp3) is 0.500. The summed E-state index contributed by atoms with van der Waals surface area (Å²) < 4.78 is 17.3. The predicted octanol–water partition coefficient (Wildman–Crippen LogP) is 3.58. The van der Waals surface area contributed by atoms with E-state index in [9.17, 15) is 4.79 Å². The van der Waals surface area contributed by atoms with Crippen molar-refractivity contribution in [3.63, 3.8) is 0 Å². The Kier molecular flexibility index (Phi) is 5.37. The SMILES string of the molecule is C=CC[C@]1(OC(=O)c2ccccc2)[C@@H](OC)O[C@H](CC)[C@H]1C. The normalized spacial score (nSPS) is 31.0. The zero-order valence-corrected chi connectivity index (χ0v) is 13.5. The van der Waals surface area contributed by atoms with Crippen LogP contribution in [0.3, 0.4) is 0 Å². The molecule has 120 valence electrons. The van der Waals surface area contributed by atoms with E-state index in [2.05, 4.69) is 13.5 Å². The zero-order valence-electron chi connectivity index (χ0n) is 13.5. The molecular weight excluding hydrogens is 280 g/mol. The quantitative estimate of drug-likeness (QED) is 0.595. The third kappa shape index (κ3) is 2.94. The molecule has 1 fully saturated rings. The van der Waals surface area contributed by atoms with Crippen LogP contribution in [0, 0.1) is 5.92 Å². The summed E-state index contributed by atoms with van der Waals surface area (Å²) in [7, 11) is 1.57. The van der Waals surface area contributed by atoms with Crippen molar-refractivity contribution in [3.8, 4) is 0 Å². The number of benzene rings is 1. The number of carbonyl (C=O) groups excluding carboxylic acids is 1. The standard InChI is InChI=1S/C18H24O4/c1-5-12-18(13(3)15(6-2)21-17(18)20-4)22-16(19)14-10-8-7-9-11-14/h5,7-11,13,15,17H,1,6,12H2,2-4H3/t13-,15-,17+,18-/m1/s1. The lowest BCUT2D eigenvalue weighted by molar-refractivity contribution is -0.188. The molecule has 1 aromatic carbocycles. The number of esters is 1. The Morgan fingerprint density at radius 2 is 2.09 bits per heavy atom. The van der Waals surface area contributed by atoms with Crippen molar-refractivity contribution in [2.45, 2.75) is 44.7 Å². The minimum atomic E-state index is -0.843. The van der Waals surface area contributed by atoms with Crippen LogP contribution in [0.25, 0.3) is 0 Å². The number of hydrogen-bond acceptors (Lipinski definition) is 4. The van der Waals surface area contributed by atoms with Crippen molar-refractivity contribution in [1.29, 1.82) is 0 Å². The Morgan fingerprint density at radius 1 is 1.41 bits per heavy atom.